The van der Waals surface area contributed by atoms with Crippen molar-refractivity contribution in [3.63, 3.8) is 0 Å². The number of esters is 1. The summed E-state index contributed by atoms with van der Waals surface area (Å²) >= 11 is 0. The van der Waals surface area contributed by atoms with Crippen molar-refractivity contribution < 1.29 is 28.5 Å². The van der Waals surface area contributed by atoms with Crippen molar-refractivity contribution in [1.82, 2.24) is 10.6 Å². The molecule has 37 heavy (non-hydrogen) atoms. The summed E-state index contributed by atoms with van der Waals surface area (Å²) in [5.74, 6) is 0.730. The highest BCUT2D eigenvalue weighted by molar-refractivity contribution is 5.79. The highest BCUT2D eigenvalue weighted by Gasteiger charge is 2.34. The maximum Gasteiger partial charge on any atom is 0.407 e. The average molecular weight is 519 g/mol. The van der Waals surface area contributed by atoms with E-state index in [1.54, 1.807) is 20.8 Å². The quantitative estimate of drug-likeness (QED) is 0.440. The van der Waals surface area contributed by atoms with Crippen molar-refractivity contribution in [2.45, 2.75) is 115 Å². The van der Waals surface area contributed by atoms with Crippen molar-refractivity contribution in [3.8, 4) is 5.75 Å². The van der Waals surface area contributed by atoms with Crippen LogP contribution in [-0.2, 0) is 19.0 Å². The molecule has 1 aromatic rings. The van der Waals surface area contributed by atoms with E-state index < -0.39 is 11.2 Å². The minimum atomic E-state index is -1.05. The van der Waals surface area contributed by atoms with E-state index in [0.717, 1.165) is 56.4 Å². The fourth-order valence-corrected chi connectivity index (χ4v) is 5.07. The molecule has 8 nitrogen and oxygen atoms in total. The second-order valence-electron chi connectivity index (χ2n) is 11.6. The van der Waals surface area contributed by atoms with Gasteiger partial charge in [-0.05, 0) is 104 Å². The lowest BCUT2D eigenvalue weighted by atomic mass is 9.82. The summed E-state index contributed by atoms with van der Waals surface area (Å²) in [5.41, 5.74) is -0.438. The van der Waals surface area contributed by atoms with E-state index in [9.17, 15) is 9.59 Å². The minimum Gasteiger partial charge on any atom is -0.476 e. The summed E-state index contributed by atoms with van der Waals surface area (Å²) in [5, 5.41) is 6.54. The Hall–Kier alpha value is -2.32. The Bertz CT molecular complexity index is 889. The van der Waals surface area contributed by atoms with Gasteiger partial charge in [-0.1, -0.05) is 18.2 Å². The van der Waals surface area contributed by atoms with Gasteiger partial charge in [0.2, 0.25) is 0 Å². The van der Waals surface area contributed by atoms with Crippen LogP contribution >= 0.6 is 0 Å². The summed E-state index contributed by atoms with van der Waals surface area (Å²) in [6.45, 7) is 12.7. The number of amides is 1. The van der Waals surface area contributed by atoms with E-state index in [2.05, 4.69) is 16.7 Å². The van der Waals surface area contributed by atoms with Gasteiger partial charge in [-0.2, -0.15) is 0 Å². The molecule has 0 radical (unpaired) electrons. The van der Waals surface area contributed by atoms with Gasteiger partial charge in [-0.3, -0.25) is 0 Å². The minimum absolute atomic E-state index is 0.00767. The van der Waals surface area contributed by atoms with Gasteiger partial charge in [0.1, 0.15) is 11.4 Å². The molecule has 1 aliphatic heterocycles. The van der Waals surface area contributed by atoms with Gasteiger partial charge in [-0.15, -0.1) is 0 Å². The lowest BCUT2D eigenvalue weighted by Crippen LogP contribution is -2.56. The Labute approximate surface area is 222 Å². The van der Waals surface area contributed by atoms with Crippen LogP contribution in [0.2, 0.25) is 0 Å². The summed E-state index contributed by atoms with van der Waals surface area (Å²) in [7, 11) is 0. The second kappa shape index (κ2) is 13.0. The monoisotopic (exact) mass is 518 g/mol. The van der Waals surface area contributed by atoms with E-state index in [4.69, 9.17) is 18.9 Å². The Balaban J connectivity index is 1.52. The number of piperidine rings is 1. The van der Waals surface area contributed by atoms with Gasteiger partial charge >= 0.3 is 12.1 Å². The number of benzene rings is 1. The maximum atomic E-state index is 12.3. The first-order chi connectivity index (χ1) is 17.5. The average Bonchev–Trinajstić information content (AvgIpc) is 2.83. The number of para-hydroxylation sites is 1. The van der Waals surface area contributed by atoms with Crippen LogP contribution in [0.4, 0.5) is 4.79 Å². The van der Waals surface area contributed by atoms with Crippen molar-refractivity contribution in [3.05, 3.63) is 29.8 Å². The number of carbonyl (C=O) groups is 2. The van der Waals surface area contributed by atoms with E-state index in [1.165, 1.54) is 0 Å². The molecule has 0 bridgehead atoms. The summed E-state index contributed by atoms with van der Waals surface area (Å²) in [4.78, 5) is 24.6. The lowest BCUT2D eigenvalue weighted by molar-refractivity contribution is -0.158. The summed E-state index contributed by atoms with van der Waals surface area (Å²) in [6, 6.07) is 8.06. The van der Waals surface area contributed by atoms with E-state index >= 15 is 0 Å². The van der Waals surface area contributed by atoms with Gasteiger partial charge in [0.15, 0.2) is 5.60 Å². The van der Waals surface area contributed by atoms with Crippen LogP contribution < -0.4 is 15.4 Å². The second-order valence-corrected chi connectivity index (χ2v) is 11.6. The van der Waals surface area contributed by atoms with E-state index in [0.29, 0.717) is 19.1 Å². The number of hydrogen-bond donors (Lipinski definition) is 2. The van der Waals surface area contributed by atoms with Crippen LogP contribution in [0, 0.1) is 0 Å². The lowest BCUT2D eigenvalue weighted by Gasteiger charge is -2.36. The van der Waals surface area contributed by atoms with Gasteiger partial charge < -0.3 is 29.6 Å². The molecule has 1 heterocycles. The molecule has 0 spiro atoms. The normalized spacial score (nSPS) is 24.7. The fourth-order valence-electron chi connectivity index (χ4n) is 5.07. The summed E-state index contributed by atoms with van der Waals surface area (Å²) in [6.07, 6.45) is 5.62. The number of ether oxygens (including phenoxy) is 4. The zero-order chi connectivity index (χ0) is 27.1. The largest absolute Gasteiger partial charge is 0.476 e. The van der Waals surface area contributed by atoms with Gasteiger partial charge in [0.25, 0.3) is 0 Å². The Morgan fingerprint density at radius 3 is 2.41 bits per heavy atom. The number of rotatable bonds is 9. The topological polar surface area (TPSA) is 95.1 Å². The molecule has 1 aliphatic carbocycles. The maximum absolute atomic E-state index is 12.3. The van der Waals surface area contributed by atoms with Gasteiger partial charge in [0, 0.05) is 6.04 Å². The van der Waals surface area contributed by atoms with Crippen molar-refractivity contribution in [2.24, 2.45) is 0 Å². The van der Waals surface area contributed by atoms with Crippen molar-refractivity contribution in [2.75, 3.05) is 19.8 Å². The molecule has 2 N–H and O–H groups in total. The van der Waals surface area contributed by atoms with E-state index in [1.807, 2.05) is 39.0 Å². The SMILES string of the molecule is CCOC(=O)C(C)(C)Oc1ccccc1C1CCC(OC[C@@H]2NCCCC2NC(=O)OC(C)(C)C)CC1. The first-order valence-electron chi connectivity index (χ1n) is 13.8. The molecule has 0 aromatic heterocycles. The molecular weight excluding hydrogens is 472 g/mol. The smallest absolute Gasteiger partial charge is 0.407 e. The molecule has 1 amide bonds. The molecule has 1 aromatic carbocycles. The van der Waals surface area contributed by atoms with Gasteiger partial charge in [0.05, 0.1) is 25.4 Å². The predicted octanol–water partition coefficient (Wildman–Crippen LogP) is 5.10. The molecule has 2 aliphatic rings. The first-order valence-corrected chi connectivity index (χ1v) is 13.8. The fraction of sp³-hybridized carbons (Fsp3) is 0.724. The molecule has 1 unspecified atom stereocenters. The number of nitrogens with one attached hydrogen (secondary N) is 2. The molecule has 2 atom stereocenters. The van der Waals surface area contributed by atoms with Crippen molar-refractivity contribution >= 4 is 12.1 Å². The molecular formula is C29H46N2O6. The van der Waals surface area contributed by atoms with Crippen LogP contribution in [0.25, 0.3) is 0 Å². The molecule has 1 saturated carbocycles. The zero-order valence-electron chi connectivity index (χ0n) is 23.4. The summed E-state index contributed by atoms with van der Waals surface area (Å²) < 4.78 is 23.1. The number of carbonyl (C=O) groups excluding carboxylic acids is 2. The molecule has 8 heteroatoms. The van der Waals surface area contributed by atoms with Gasteiger partial charge in [-0.25, -0.2) is 9.59 Å². The number of hydrogen-bond acceptors (Lipinski definition) is 7. The zero-order valence-corrected chi connectivity index (χ0v) is 23.4. The van der Waals surface area contributed by atoms with Crippen LogP contribution in [0.1, 0.15) is 91.5 Å². The Kier molecular flexibility index (Phi) is 10.2. The standard InChI is InChI=1S/C29H46N2O6/c1-7-34-26(32)29(5,6)36-25-13-9-8-11-22(25)20-14-16-21(17-15-20)35-19-24-23(12-10-18-30-24)31-27(33)37-28(2,3)4/h8-9,11,13,20-21,23-24,30H,7,10,12,14-19H2,1-6H3,(H,31,33)/t20?,21?,23?,24-/m0/s1. The van der Waals surface area contributed by atoms with Crippen LogP contribution in [0.3, 0.4) is 0 Å². The van der Waals surface area contributed by atoms with Crippen LogP contribution in [0.5, 0.6) is 5.75 Å². The Morgan fingerprint density at radius 1 is 1.03 bits per heavy atom. The molecule has 208 valence electrons. The first kappa shape index (κ1) is 29.2. The third kappa shape index (κ3) is 8.88. The van der Waals surface area contributed by atoms with Crippen LogP contribution in [0.15, 0.2) is 24.3 Å². The predicted molar refractivity (Wildman–Crippen MR) is 143 cm³/mol. The van der Waals surface area contributed by atoms with Crippen LogP contribution in [-0.4, -0.2) is 61.2 Å². The third-order valence-electron chi connectivity index (χ3n) is 6.96. The van der Waals surface area contributed by atoms with E-state index in [-0.39, 0.29) is 30.3 Å². The highest BCUT2D eigenvalue weighted by Crippen LogP contribution is 2.39. The Morgan fingerprint density at radius 2 is 1.73 bits per heavy atom. The molecule has 2 fully saturated rings. The molecule has 1 saturated heterocycles. The molecule has 3 rings (SSSR count). The van der Waals surface area contributed by atoms with Crippen molar-refractivity contribution in [1.29, 1.82) is 0 Å². The number of alkyl carbamates (subject to hydrolysis) is 1. The third-order valence-corrected chi connectivity index (χ3v) is 6.96. The highest BCUT2D eigenvalue weighted by atomic mass is 16.6.